The highest BCUT2D eigenvalue weighted by Crippen LogP contribution is 2.27. The molecule has 1 aromatic carbocycles. The normalized spacial score (nSPS) is 13.0. The average Bonchev–Trinajstić information content (AvgIpc) is 2.93. The van der Waals surface area contributed by atoms with Crippen molar-refractivity contribution < 1.29 is 4.39 Å². The second-order valence-corrected chi connectivity index (χ2v) is 5.80. The van der Waals surface area contributed by atoms with E-state index in [1.54, 1.807) is 12.4 Å². The third-order valence-corrected chi connectivity index (χ3v) is 4.17. The van der Waals surface area contributed by atoms with Crippen molar-refractivity contribution >= 4 is 39.2 Å². The number of aromatic amines is 1. The molecule has 20 heavy (non-hydrogen) atoms. The van der Waals surface area contributed by atoms with Gasteiger partial charge in [0.15, 0.2) is 10.6 Å². The van der Waals surface area contributed by atoms with Crippen LogP contribution in [-0.4, -0.2) is 24.3 Å². The summed E-state index contributed by atoms with van der Waals surface area (Å²) in [6, 6.07) is 3.03. The topological polar surface area (TPSA) is 51.4 Å². The third kappa shape index (κ3) is 1.99. The van der Waals surface area contributed by atoms with Gasteiger partial charge in [0.25, 0.3) is 0 Å². The molecule has 0 aliphatic heterocycles. The molecule has 0 spiro atoms. The van der Waals surface area contributed by atoms with E-state index < -0.39 is 0 Å². The van der Waals surface area contributed by atoms with Crippen molar-refractivity contribution in [2.24, 2.45) is 7.05 Å². The standard InChI is InChI=1S/C12H11BrFN5S/c1-6(11-17-15-5-18(11)2)19-10-3-7(13)8(14)4-9(10)16-12(19)20/h3-6H,1-2H3,(H,16,20). The molecule has 0 radical (unpaired) electrons. The molecule has 5 nitrogen and oxygen atoms in total. The maximum atomic E-state index is 13.6. The Morgan fingerprint density at radius 1 is 1.45 bits per heavy atom. The molecule has 3 rings (SSSR count). The van der Waals surface area contributed by atoms with E-state index in [-0.39, 0.29) is 11.9 Å². The van der Waals surface area contributed by atoms with E-state index in [2.05, 4.69) is 31.1 Å². The Balaban J connectivity index is 2.26. The zero-order valence-electron chi connectivity index (χ0n) is 10.8. The predicted octanol–water partition coefficient (Wildman–Crippen LogP) is 3.34. The first-order valence-electron chi connectivity index (χ1n) is 5.92. The fourth-order valence-corrected chi connectivity index (χ4v) is 2.99. The number of fused-ring (bicyclic) bond motifs is 1. The average molecular weight is 356 g/mol. The summed E-state index contributed by atoms with van der Waals surface area (Å²) in [6.45, 7) is 1.98. The molecule has 3 aromatic rings. The molecule has 0 saturated carbocycles. The Morgan fingerprint density at radius 3 is 2.85 bits per heavy atom. The van der Waals surface area contributed by atoms with Crippen LogP contribution in [0.4, 0.5) is 4.39 Å². The summed E-state index contributed by atoms with van der Waals surface area (Å²) in [6.07, 6.45) is 1.64. The Labute approximate surface area is 127 Å². The van der Waals surface area contributed by atoms with Gasteiger partial charge in [0, 0.05) is 13.1 Å². The lowest BCUT2D eigenvalue weighted by Gasteiger charge is -2.13. The van der Waals surface area contributed by atoms with Crippen LogP contribution in [0.1, 0.15) is 18.8 Å². The Bertz CT molecular complexity index is 849. The second kappa shape index (κ2) is 4.78. The van der Waals surface area contributed by atoms with E-state index in [4.69, 9.17) is 12.2 Å². The molecular weight excluding hydrogens is 345 g/mol. The smallest absolute Gasteiger partial charge is 0.178 e. The maximum Gasteiger partial charge on any atom is 0.178 e. The number of halogens is 2. The summed E-state index contributed by atoms with van der Waals surface area (Å²) in [4.78, 5) is 3.02. The van der Waals surface area contributed by atoms with Crippen LogP contribution in [0.3, 0.4) is 0 Å². The van der Waals surface area contributed by atoms with Crippen LogP contribution in [0.15, 0.2) is 22.9 Å². The molecule has 2 heterocycles. The molecule has 1 unspecified atom stereocenters. The van der Waals surface area contributed by atoms with E-state index >= 15 is 0 Å². The van der Waals surface area contributed by atoms with Crippen LogP contribution >= 0.6 is 28.1 Å². The maximum absolute atomic E-state index is 13.6. The van der Waals surface area contributed by atoms with E-state index in [1.165, 1.54) is 6.07 Å². The summed E-state index contributed by atoms with van der Waals surface area (Å²) in [7, 11) is 1.87. The zero-order valence-corrected chi connectivity index (χ0v) is 13.2. The van der Waals surface area contributed by atoms with E-state index in [0.717, 1.165) is 11.3 Å². The van der Waals surface area contributed by atoms with Gasteiger partial charge in [0.1, 0.15) is 12.1 Å². The minimum absolute atomic E-state index is 0.110. The van der Waals surface area contributed by atoms with Gasteiger partial charge >= 0.3 is 0 Å². The first-order valence-corrected chi connectivity index (χ1v) is 7.12. The van der Waals surface area contributed by atoms with Crippen molar-refractivity contribution in [1.29, 1.82) is 0 Å². The van der Waals surface area contributed by atoms with Gasteiger partial charge in [-0.3, -0.25) is 0 Å². The lowest BCUT2D eigenvalue weighted by atomic mass is 10.2. The number of rotatable bonds is 2. The fourth-order valence-electron chi connectivity index (χ4n) is 2.29. The Kier molecular flexibility index (Phi) is 3.21. The van der Waals surface area contributed by atoms with Crippen LogP contribution in [0.5, 0.6) is 0 Å². The van der Waals surface area contributed by atoms with E-state index in [0.29, 0.717) is 14.8 Å². The number of aromatic nitrogens is 5. The van der Waals surface area contributed by atoms with Gasteiger partial charge in [-0.25, -0.2) is 4.39 Å². The predicted molar refractivity (Wildman–Crippen MR) is 79.6 cm³/mol. The van der Waals surface area contributed by atoms with Crippen LogP contribution in [0.25, 0.3) is 11.0 Å². The highest BCUT2D eigenvalue weighted by molar-refractivity contribution is 9.10. The van der Waals surface area contributed by atoms with E-state index in [1.807, 2.05) is 23.1 Å². The number of benzene rings is 1. The number of nitrogens with zero attached hydrogens (tertiary/aromatic N) is 4. The molecule has 1 atom stereocenters. The number of nitrogens with one attached hydrogen (secondary N) is 1. The van der Waals surface area contributed by atoms with Gasteiger partial charge < -0.3 is 14.1 Å². The summed E-state index contributed by atoms with van der Waals surface area (Å²) in [5, 5.41) is 7.99. The SMILES string of the molecule is CC(c1nncn1C)n1c(=S)[nH]c2cc(F)c(Br)cc21. The number of aryl methyl sites for hydroxylation is 1. The minimum Gasteiger partial charge on any atom is -0.330 e. The van der Waals surface area contributed by atoms with Crippen molar-refractivity contribution in [3.63, 3.8) is 0 Å². The molecule has 0 aliphatic rings. The van der Waals surface area contributed by atoms with Gasteiger partial charge in [-0.05, 0) is 41.1 Å². The zero-order chi connectivity index (χ0) is 14.4. The summed E-state index contributed by atoms with van der Waals surface area (Å²) < 4.78 is 18.3. The van der Waals surface area contributed by atoms with Gasteiger partial charge in [-0.15, -0.1) is 10.2 Å². The lowest BCUT2D eigenvalue weighted by Crippen LogP contribution is -2.12. The van der Waals surface area contributed by atoms with Crippen LogP contribution < -0.4 is 0 Å². The van der Waals surface area contributed by atoms with Crippen molar-refractivity contribution in [3.05, 3.63) is 39.3 Å². The molecule has 1 N–H and O–H groups in total. The molecule has 0 fully saturated rings. The van der Waals surface area contributed by atoms with E-state index in [9.17, 15) is 4.39 Å². The number of hydrogen-bond acceptors (Lipinski definition) is 3. The lowest BCUT2D eigenvalue weighted by molar-refractivity contribution is 0.581. The summed E-state index contributed by atoms with van der Waals surface area (Å²) in [5.41, 5.74) is 1.48. The quantitative estimate of drug-likeness (QED) is 0.717. The van der Waals surface area contributed by atoms with Gasteiger partial charge in [-0.2, -0.15) is 0 Å². The molecule has 0 saturated heterocycles. The molecule has 0 aliphatic carbocycles. The summed E-state index contributed by atoms with van der Waals surface area (Å²) >= 11 is 8.55. The van der Waals surface area contributed by atoms with Gasteiger partial charge in [-0.1, -0.05) is 0 Å². The highest BCUT2D eigenvalue weighted by atomic mass is 79.9. The van der Waals surface area contributed by atoms with Gasteiger partial charge in [0.2, 0.25) is 0 Å². The fraction of sp³-hybridized carbons (Fsp3) is 0.250. The molecule has 0 amide bonds. The largest absolute Gasteiger partial charge is 0.330 e. The number of imidazole rings is 1. The summed E-state index contributed by atoms with van der Waals surface area (Å²) in [5.74, 6) is 0.453. The first kappa shape index (κ1) is 13.4. The number of H-pyrrole nitrogens is 1. The van der Waals surface area contributed by atoms with Crippen LogP contribution in [-0.2, 0) is 7.05 Å². The Hall–Kier alpha value is -1.54. The van der Waals surface area contributed by atoms with Crippen LogP contribution in [0.2, 0.25) is 0 Å². The van der Waals surface area contributed by atoms with Gasteiger partial charge in [0.05, 0.1) is 21.5 Å². The molecular formula is C12H11BrFN5S. The first-order chi connectivity index (χ1) is 9.49. The van der Waals surface area contributed by atoms with Crippen molar-refractivity contribution in [1.82, 2.24) is 24.3 Å². The monoisotopic (exact) mass is 355 g/mol. The van der Waals surface area contributed by atoms with Crippen molar-refractivity contribution in [3.8, 4) is 0 Å². The molecule has 0 bridgehead atoms. The molecule has 2 aromatic heterocycles. The Morgan fingerprint density at radius 2 is 2.20 bits per heavy atom. The molecule has 104 valence electrons. The third-order valence-electron chi connectivity index (χ3n) is 3.27. The highest BCUT2D eigenvalue weighted by Gasteiger charge is 2.18. The number of hydrogen-bond donors (Lipinski definition) is 1. The molecule has 8 heteroatoms. The van der Waals surface area contributed by atoms with Crippen LogP contribution in [0, 0.1) is 10.6 Å². The second-order valence-electron chi connectivity index (χ2n) is 4.56. The van der Waals surface area contributed by atoms with Crippen molar-refractivity contribution in [2.75, 3.05) is 0 Å². The van der Waals surface area contributed by atoms with Crippen molar-refractivity contribution in [2.45, 2.75) is 13.0 Å². The minimum atomic E-state index is -0.327.